The highest BCUT2D eigenvalue weighted by Crippen LogP contribution is 2.37. The zero-order chi connectivity index (χ0) is 11.6. The first-order valence-corrected chi connectivity index (χ1v) is 6.77. The van der Waals surface area contributed by atoms with Crippen LogP contribution in [-0.4, -0.2) is 0 Å². The van der Waals surface area contributed by atoms with E-state index >= 15 is 0 Å². The van der Waals surface area contributed by atoms with Gasteiger partial charge in [0, 0.05) is 10.4 Å². The highest BCUT2D eigenvalue weighted by atomic mass is 79.9. The van der Waals surface area contributed by atoms with Gasteiger partial charge in [-0.3, -0.25) is 0 Å². The molecule has 1 aromatic rings. The normalized spacial score (nSPS) is 11.1. The van der Waals surface area contributed by atoms with Gasteiger partial charge in [0.05, 0.1) is 10.0 Å². The predicted octanol–water partition coefficient (Wildman–Crippen LogP) is 5.69. The van der Waals surface area contributed by atoms with E-state index in [1.54, 1.807) is 0 Å². The number of alkyl halides is 1. The van der Waals surface area contributed by atoms with Crippen molar-refractivity contribution in [2.24, 2.45) is 5.92 Å². The molecule has 84 valence electrons. The molecule has 0 aliphatic heterocycles. The fourth-order valence-corrected chi connectivity index (χ4v) is 2.73. The molecule has 0 saturated heterocycles. The summed E-state index contributed by atoms with van der Waals surface area (Å²) in [5.41, 5.74) is 2.05. The van der Waals surface area contributed by atoms with Crippen molar-refractivity contribution < 1.29 is 0 Å². The van der Waals surface area contributed by atoms with Crippen LogP contribution in [0.15, 0.2) is 10.5 Å². The van der Waals surface area contributed by atoms with Crippen LogP contribution in [0.3, 0.4) is 0 Å². The van der Waals surface area contributed by atoms with Crippen LogP contribution in [0.2, 0.25) is 10.0 Å². The molecule has 0 nitrogen and oxygen atoms in total. The molecular weight excluding hydrogens is 318 g/mol. The lowest BCUT2D eigenvalue weighted by molar-refractivity contribution is 0.645. The molecule has 0 fully saturated rings. The van der Waals surface area contributed by atoms with Crippen molar-refractivity contribution >= 4 is 50.7 Å². The van der Waals surface area contributed by atoms with Crippen LogP contribution in [0.5, 0.6) is 0 Å². The van der Waals surface area contributed by atoms with E-state index in [-0.39, 0.29) is 0 Å². The average molecular weight is 330 g/mol. The minimum Gasteiger partial charge on any atom is -0.121 e. The Morgan fingerprint density at radius 1 is 1.20 bits per heavy atom. The quantitative estimate of drug-likeness (QED) is 0.493. The van der Waals surface area contributed by atoms with Crippen molar-refractivity contribution in [3.05, 3.63) is 31.7 Å². The smallest absolute Gasteiger partial charge is 0.0740 e. The van der Waals surface area contributed by atoms with E-state index < -0.39 is 0 Å². The zero-order valence-corrected chi connectivity index (χ0v) is 12.4. The van der Waals surface area contributed by atoms with Crippen LogP contribution in [0.1, 0.15) is 25.0 Å². The van der Waals surface area contributed by atoms with Gasteiger partial charge < -0.3 is 0 Å². The molecule has 15 heavy (non-hydrogen) atoms. The highest BCUT2D eigenvalue weighted by Gasteiger charge is 2.13. The maximum atomic E-state index is 6.11. The second-order valence-electron chi connectivity index (χ2n) is 3.87. The van der Waals surface area contributed by atoms with Gasteiger partial charge in [-0.05, 0) is 39.4 Å². The molecule has 1 rings (SSSR count). The van der Waals surface area contributed by atoms with Crippen LogP contribution < -0.4 is 0 Å². The standard InChI is InChI=1S/C11H12BrCl3/c1-6(2)3-7-4-8(5-13)10(14)11(15)9(7)12/h4,6H,3,5H2,1-2H3. The maximum Gasteiger partial charge on any atom is 0.0740 e. The number of hydrogen-bond donors (Lipinski definition) is 0. The van der Waals surface area contributed by atoms with Gasteiger partial charge in [0.1, 0.15) is 0 Å². The fourth-order valence-electron chi connectivity index (χ4n) is 1.40. The number of rotatable bonds is 3. The Hall–Kier alpha value is 0.570. The van der Waals surface area contributed by atoms with Crippen molar-refractivity contribution in [3.63, 3.8) is 0 Å². The highest BCUT2D eigenvalue weighted by molar-refractivity contribution is 9.10. The summed E-state index contributed by atoms with van der Waals surface area (Å²) in [6.07, 6.45) is 0.960. The molecule has 0 aliphatic rings. The van der Waals surface area contributed by atoms with E-state index in [1.807, 2.05) is 6.07 Å². The average Bonchev–Trinajstić information content (AvgIpc) is 2.18. The minimum absolute atomic E-state index is 0.386. The monoisotopic (exact) mass is 328 g/mol. The van der Waals surface area contributed by atoms with E-state index in [2.05, 4.69) is 29.8 Å². The van der Waals surface area contributed by atoms with Crippen molar-refractivity contribution in [1.82, 2.24) is 0 Å². The van der Waals surface area contributed by atoms with Crippen LogP contribution in [0.25, 0.3) is 0 Å². The summed E-state index contributed by atoms with van der Waals surface area (Å²) in [4.78, 5) is 0. The third-order valence-corrected chi connectivity index (χ3v) is 4.40. The molecule has 0 bridgehead atoms. The molecule has 0 unspecified atom stereocenters. The number of benzene rings is 1. The molecule has 0 N–H and O–H groups in total. The second kappa shape index (κ2) is 5.77. The van der Waals surface area contributed by atoms with E-state index in [0.717, 1.165) is 22.0 Å². The summed E-state index contributed by atoms with van der Waals surface area (Å²) in [5.74, 6) is 0.957. The van der Waals surface area contributed by atoms with Gasteiger partial charge in [-0.15, -0.1) is 11.6 Å². The van der Waals surface area contributed by atoms with E-state index in [1.165, 1.54) is 0 Å². The van der Waals surface area contributed by atoms with Gasteiger partial charge in [0.2, 0.25) is 0 Å². The molecule has 1 aromatic carbocycles. The number of hydrogen-bond acceptors (Lipinski definition) is 0. The summed E-state index contributed by atoms with van der Waals surface area (Å²) in [7, 11) is 0. The fraction of sp³-hybridized carbons (Fsp3) is 0.455. The van der Waals surface area contributed by atoms with Crippen LogP contribution in [0.4, 0.5) is 0 Å². The molecule has 0 aliphatic carbocycles. The summed E-state index contributed by atoms with van der Waals surface area (Å²) < 4.78 is 0.886. The lowest BCUT2D eigenvalue weighted by Gasteiger charge is -2.12. The Morgan fingerprint density at radius 2 is 1.80 bits per heavy atom. The Morgan fingerprint density at radius 3 is 2.27 bits per heavy atom. The van der Waals surface area contributed by atoms with E-state index in [4.69, 9.17) is 34.8 Å². The van der Waals surface area contributed by atoms with Crippen LogP contribution in [-0.2, 0) is 12.3 Å². The molecular formula is C11H12BrCl3. The first-order chi connectivity index (χ1) is 6.97. The minimum atomic E-state index is 0.386. The molecule has 0 spiro atoms. The van der Waals surface area contributed by atoms with Crippen LogP contribution in [0, 0.1) is 5.92 Å². The summed E-state index contributed by atoms with van der Waals surface area (Å²) in [6.45, 7) is 4.32. The molecule has 0 radical (unpaired) electrons. The lowest BCUT2D eigenvalue weighted by Crippen LogP contribution is -1.98. The first-order valence-electron chi connectivity index (χ1n) is 4.68. The first kappa shape index (κ1) is 13.6. The third-order valence-electron chi connectivity index (χ3n) is 2.07. The van der Waals surface area contributed by atoms with Gasteiger partial charge in [-0.1, -0.05) is 43.1 Å². The SMILES string of the molecule is CC(C)Cc1cc(CCl)c(Cl)c(Cl)c1Br. The molecule has 0 amide bonds. The van der Waals surface area contributed by atoms with E-state index in [0.29, 0.717) is 21.8 Å². The van der Waals surface area contributed by atoms with Crippen molar-refractivity contribution in [2.45, 2.75) is 26.1 Å². The Kier molecular flexibility index (Phi) is 5.24. The summed E-state index contributed by atoms with van der Waals surface area (Å²) in [6, 6.07) is 2.02. The maximum absolute atomic E-state index is 6.11. The Labute approximate surface area is 114 Å². The van der Waals surface area contributed by atoms with Gasteiger partial charge >= 0.3 is 0 Å². The number of halogens is 4. The second-order valence-corrected chi connectivity index (χ2v) is 5.68. The zero-order valence-electron chi connectivity index (χ0n) is 8.58. The van der Waals surface area contributed by atoms with Crippen molar-refractivity contribution in [1.29, 1.82) is 0 Å². The predicted molar refractivity (Wildman–Crippen MR) is 72.3 cm³/mol. The van der Waals surface area contributed by atoms with Crippen LogP contribution >= 0.6 is 50.7 Å². The van der Waals surface area contributed by atoms with E-state index in [9.17, 15) is 0 Å². The summed E-state index contributed by atoms with van der Waals surface area (Å²) >= 11 is 21.4. The molecule has 0 saturated carbocycles. The van der Waals surface area contributed by atoms with Gasteiger partial charge in [0.15, 0.2) is 0 Å². The third kappa shape index (κ3) is 3.26. The molecule has 0 atom stereocenters. The molecule has 0 heterocycles. The van der Waals surface area contributed by atoms with Gasteiger partial charge in [0.25, 0.3) is 0 Å². The van der Waals surface area contributed by atoms with Gasteiger partial charge in [-0.2, -0.15) is 0 Å². The summed E-state index contributed by atoms with van der Waals surface area (Å²) in [5, 5.41) is 1.11. The Balaban J connectivity index is 3.22. The molecule has 0 aromatic heterocycles. The largest absolute Gasteiger partial charge is 0.121 e. The topological polar surface area (TPSA) is 0 Å². The molecule has 4 heteroatoms. The van der Waals surface area contributed by atoms with Gasteiger partial charge in [-0.25, -0.2) is 0 Å². The Bertz CT molecular complexity index is 361. The van der Waals surface area contributed by atoms with Crippen molar-refractivity contribution in [2.75, 3.05) is 0 Å². The van der Waals surface area contributed by atoms with Crippen molar-refractivity contribution in [3.8, 4) is 0 Å². The lowest BCUT2D eigenvalue weighted by atomic mass is 10.0.